The second-order valence-electron chi connectivity index (χ2n) is 3.52. The molecule has 0 spiro atoms. The van der Waals surface area contributed by atoms with E-state index in [1.54, 1.807) is 25.3 Å². The molecule has 0 aliphatic rings. The third-order valence-electron chi connectivity index (χ3n) is 2.33. The molecule has 88 valence electrons. The quantitative estimate of drug-likeness (QED) is 0.813. The first-order valence-electron chi connectivity index (χ1n) is 5.08. The van der Waals surface area contributed by atoms with Crippen molar-refractivity contribution in [2.75, 3.05) is 12.4 Å². The van der Waals surface area contributed by atoms with Crippen LogP contribution in [0.15, 0.2) is 42.5 Å². The Bertz CT molecular complexity index is 511. The fourth-order valence-electron chi connectivity index (χ4n) is 1.43. The highest BCUT2D eigenvalue weighted by Crippen LogP contribution is 2.28. The van der Waals surface area contributed by atoms with Crippen LogP contribution in [0.4, 0.5) is 11.4 Å². The number of rotatable bonds is 3. The van der Waals surface area contributed by atoms with Gasteiger partial charge in [0.25, 0.3) is 0 Å². The van der Waals surface area contributed by atoms with Crippen molar-refractivity contribution in [1.29, 1.82) is 0 Å². The van der Waals surface area contributed by atoms with Gasteiger partial charge in [-0.1, -0.05) is 11.6 Å². The topological polar surface area (TPSA) is 41.5 Å². The van der Waals surface area contributed by atoms with E-state index >= 15 is 0 Å². The molecule has 2 rings (SSSR count). The summed E-state index contributed by atoms with van der Waals surface area (Å²) < 4.78 is 5.07. The number of hydrogen-bond donors (Lipinski definition) is 2. The summed E-state index contributed by atoms with van der Waals surface area (Å²) in [5, 5.41) is 12.8. The van der Waals surface area contributed by atoms with Crippen LogP contribution < -0.4 is 10.1 Å². The van der Waals surface area contributed by atoms with E-state index in [-0.39, 0.29) is 5.75 Å². The van der Waals surface area contributed by atoms with Crippen LogP contribution >= 0.6 is 11.6 Å². The van der Waals surface area contributed by atoms with Gasteiger partial charge in [-0.2, -0.15) is 0 Å². The standard InChI is InChI=1S/C13H12ClNO2/c1-17-11-5-2-9(3-6-11)15-10-4-7-13(16)12(14)8-10/h2-8,15-16H,1H3. The Hall–Kier alpha value is -1.87. The molecule has 3 nitrogen and oxygen atoms in total. The number of phenolic OH excluding ortho intramolecular Hbond substituents is 1. The largest absolute Gasteiger partial charge is 0.506 e. The Morgan fingerprint density at radius 1 is 1.06 bits per heavy atom. The van der Waals surface area contributed by atoms with Gasteiger partial charge in [-0.25, -0.2) is 0 Å². The SMILES string of the molecule is COc1ccc(Nc2ccc(O)c(Cl)c2)cc1. The third-order valence-corrected chi connectivity index (χ3v) is 2.63. The lowest BCUT2D eigenvalue weighted by atomic mass is 10.2. The molecule has 4 heteroatoms. The number of methoxy groups -OCH3 is 1. The van der Waals surface area contributed by atoms with Crippen LogP contribution in [0.25, 0.3) is 0 Å². The van der Waals surface area contributed by atoms with Crippen LogP contribution in [0.2, 0.25) is 5.02 Å². The Kier molecular flexibility index (Phi) is 3.40. The average Bonchev–Trinajstić information content (AvgIpc) is 2.35. The molecule has 0 bridgehead atoms. The van der Waals surface area contributed by atoms with Crippen molar-refractivity contribution in [3.63, 3.8) is 0 Å². The van der Waals surface area contributed by atoms with E-state index in [0.717, 1.165) is 17.1 Å². The molecule has 0 aliphatic heterocycles. The van der Waals surface area contributed by atoms with Crippen molar-refractivity contribution in [2.45, 2.75) is 0 Å². The summed E-state index contributed by atoms with van der Waals surface area (Å²) in [6.07, 6.45) is 0. The molecule has 0 saturated carbocycles. The van der Waals surface area contributed by atoms with Crippen molar-refractivity contribution in [2.24, 2.45) is 0 Å². The summed E-state index contributed by atoms with van der Waals surface area (Å²) >= 11 is 5.82. The number of benzene rings is 2. The van der Waals surface area contributed by atoms with E-state index in [0.29, 0.717) is 5.02 Å². The third kappa shape index (κ3) is 2.82. The first-order chi connectivity index (χ1) is 8.19. The molecule has 0 unspecified atom stereocenters. The van der Waals surface area contributed by atoms with Crippen molar-refractivity contribution >= 4 is 23.0 Å². The summed E-state index contributed by atoms with van der Waals surface area (Å²) in [5.41, 5.74) is 1.74. The van der Waals surface area contributed by atoms with Gasteiger partial charge in [0.2, 0.25) is 0 Å². The second-order valence-corrected chi connectivity index (χ2v) is 3.93. The van der Waals surface area contributed by atoms with Crippen molar-refractivity contribution < 1.29 is 9.84 Å². The first kappa shape index (κ1) is 11.6. The van der Waals surface area contributed by atoms with Gasteiger partial charge >= 0.3 is 0 Å². The summed E-state index contributed by atoms with van der Waals surface area (Å²) in [6.45, 7) is 0. The molecular weight excluding hydrogens is 238 g/mol. The van der Waals surface area contributed by atoms with E-state index in [1.807, 2.05) is 24.3 Å². The minimum atomic E-state index is 0.0759. The lowest BCUT2D eigenvalue weighted by molar-refractivity contribution is 0.415. The smallest absolute Gasteiger partial charge is 0.134 e. The van der Waals surface area contributed by atoms with Crippen LogP contribution in [-0.2, 0) is 0 Å². The zero-order valence-electron chi connectivity index (χ0n) is 9.27. The number of phenols is 1. The molecule has 0 amide bonds. The predicted molar refractivity (Wildman–Crippen MR) is 69.4 cm³/mol. The molecule has 0 fully saturated rings. The minimum absolute atomic E-state index is 0.0759. The Labute approximate surface area is 105 Å². The fraction of sp³-hybridized carbons (Fsp3) is 0.0769. The zero-order chi connectivity index (χ0) is 12.3. The Balaban J connectivity index is 2.16. The lowest BCUT2D eigenvalue weighted by Crippen LogP contribution is -1.90. The molecule has 0 saturated heterocycles. The molecule has 0 radical (unpaired) electrons. The molecule has 2 aromatic rings. The maximum atomic E-state index is 9.30. The van der Waals surface area contributed by atoms with E-state index in [2.05, 4.69) is 5.32 Å². The van der Waals surface area contributed by atoms with Crippen molar-refractivity contribution in [1.82, 2.24) is 0 Å². The van der Waals surface area contributed by atoms with Gasteiger partial charge in [0.05, 0.1) is 12.1 Å². The van der Waals surface area contributed by atoms with Gasteiger partial charge < -0.3 is 15.2 Å². The van der Waals surface area contributed by atoms with Crippen LogP contribution in [-0.4, -0.2) is 12.2 Å². The molecule has 17 heavy (non-hydrogen) atoms. The lowest BCUT2D eigenvalue weighted by Gasteiger charge is -2.08. The molecule has 2 N–H and O–H groups in total. The average molecular weight is 250 g/mol. The normalized spacial score (nSPS) is 10.0. The maximum Gasteiger partial charge on any atom is 0.134 e. The van der Waals surface area contributed by atoms with Gasteiger partial charge in [0, 0.05) is 11.4 Å². The van der Waals surface area contributed by atoms with Gasteiger partial charge in [-0.15, -0.1) is 0 Å². The van der Waals surface area contributed by atoms with Gasteiger partial charge in [0.15, 0.2) is 0 Å². The predicted octanol–water partition coefficient (Wildman–Crippen LogP) is 3.80. The summed E-state index contributed by atoms with van der Waals surface area (Å²) in [5.74, 6) is 0.881. The number of aromatic hydroxyl groups is 1. The number of anilines is 2. The van der Waals surface area contributed by atoms with Crippen molar-refractivity contribution in [3.8, 4) is 11.5 Å². The Morgan fingerprint density at radius 3 is 2.29 bits per heavy atom. The van der Waals surface area contributed by atoms with Crippen molar-refractivity contribution in [3.05, 3.63) is 47.5 Å². The number of hydrogen-bond acceptors (Lipinski definition) is 3. The highest BCUT2D eigenvalue weighted by atomic mass is 35.5. The summed E-state index contributed by atoms with van der Waals surface area (Å²) in [6, 6.07) is 12.5. The first-order valence-corrected chi connectivity index (χ1v) is 5.46. The highest BCUT2D eigenvalue weighted by Gasteiger charge is 2.00. The zero-order valence-corrected chi connectivity index (χ0v) is 10.0. The van der Waals surface area contributed by atoms with E-state index in [1.165, 1.54) is 0 Å². The van der Waals surface area contributed by atoms with Gasteiger partial charge in [0.1, 0.15) is 11.5 Å². The number of ether oxygens (including phenoxy) is 1. The number of nitrogens with one attached hydrogen (secondary N) is 1. The van der Waals surface area contributed by atoms with Gasteiger partial charge in [-0.05, 0) is 42.5 Å². The van der Waals surface area contributed by atoms with E-state index in [4.69, 9.17) is 16.3 Å². The molecule has 0 heterocycles. The van der Waals surface area contributed by atoms with Crippen LogP contribution in [0.3, 0.4) is 0 Å². The summed E-state index contributed by atoms with van der Waals surface area (Å²) in [7, 11) is 1.63. The molecule has 0 aromatic heterocycles. The molecule has 0 atom stereocenters. The van der Waals surface area contributed by atoms with Crippen LogP contribution in [0.1, 0.15) is 0 Å². The minimum Gasteiger partial charge on any atom is -0.506 e. The fourth-order valence-corrected chi connectivity index (χ4v) is 1.61. The summed E-state index contributed by atoms with van der Waals surface area (Å²) in [4.78, 5) is 0. The molecule has 2 aromatic carbocycles. The Morgan fingerprint density at radius 2 is 1.71 bits per heavy atom. The van der Waals surface area contributed by atoms with Crippen LogP contribution in [0, 0.1) is 0 Å². The molecule has 0 aliphatic carbocycles. The molecular formula is C13H12ClNO2. The second kappa shape index (κ2) is 4.97. The van der Waals surface area contributed by atoms with Gasteiger partial charge in [-0.3, -0.25) is 0 Å². The van der Waals surface area contributed by atoms with E-state index in [9.17, 15) is 5.11 Å². The number of halogens is 1. The van der Waals surface area contributed by atoms with E-state index < -0.39 is 0 Å². The van der Waals surface area contributed by atoms with Crippen LogP contribution in [0.5, 0.6) is 11.5 Å². The maximum absolute atomic E-state index is 9.30. The highest BCUT2D eigenvalue weighted by molar-refractivity contribution is 6.32. The monoisotopic (exact) mass is 249 g/mol.